The molecule has 11 nitrogen and oxygen atoms in total. The van der Waals surface area contributed by atoms with Crippen molar-refractivity contribution in [1.29, 1.82) is 0 Å². The van der Waals surface area contributed by atoms with Crippen molar-refractivity contribution < 1.29 is 27.6 Å². The number of hydrogen-bond acceptors (Lipinski definition) is 8. The Bertz CT molecular complexity index is 1700. The lowest BCUT2D eigenvalue weighted by atomic mass is 10.0. The van der Waals surface area contributed by atoms with Gasteiger partial charge in [0.15, 0.2) is 11.5 Å². The molecule has 0 spiro atoms. The lowest BCUT2D eigenvalue weighted by Crippen LogP contribution is -2.32. The number of methoxy groups -OCH3 is 1. The molecular weight excluding hydrogens is 572 g/mol. The van der Waals surface area contributed by atoms with Gasteiger partial charge in [-0.25, -0.2) is 18.6 Å². The lowest BCUT2D eigenvalue weighted by molar-refractivity contribution is -0.385. The fraction of sp³-hybridized carbons (Fsp3) is 0.161. The van der Waals surface area contributed by atoms with Crippen molar-refractivity contribution in [3.8, 4) is 11.5 Å². The van der Waals surface area contributed by atoms with Crippen molar-refractivity contribution in [3.05, 3.63) is 129 Å². The van der Waals surface area contributed by atoms with E-state index in [9.17, 15) is 23.3 Å². The van der Waals surface area contributed by atoms with Crippen LogP contribution in [0.15, 0.2) is 107 Å². The fourth-order valence-electron chi connectivity index (χ4n) is 4.12. The highest BCUT2D eigenvalue weighted by Gasteiger charge is 2.24. The van der Waals surface area contributed by atoms with Crippen LogP contribution in [0.25, 0.3) is 0 Å². The molecule has 43 heavy (non-hydrogen) atoms. The van der Waals surface area contributed by atoms with Gasteiger partial charge in [0.25, 0.3) is 5.69 Å². The van der Waals surface area contributed by atoms with Crippen LogP contribution in [0.2, 0.25) is 0 Å². The first kappa shape index (κ1) is 30.9. The Hall–Kier alpha value is -5.07. The van der Waals surface area contributed by atoms with Gasteiger partial charge >= 0.3 is 0 Å². The van der Waals surface area contributed by atoms with E-state index in [1.54, 1.807) is 42.5 Å². The number of carbonyl (C=O) groups excluding carboxylic acids is 1. The summed E-state index contributed by atoms with van der Waals surface area (Å²) < 4.78 is 39.9. The third-order valence-corrected chi connectivity index (χ3v) is 7.85. The van der Waals surface area contributed by atoms with Gasteiger partial charge in [0, 0.05) is 6.42 Å². The number of sulfonamides is 1. The van der Waals surface area contributed by atoms with Gasteiger partial charge in [0.05, 0.1) is 40.8 Å². The van der Waals surface area contributed by atoms with Crippen LogP contribution in [0.5, 0.6) is 11.5 Å². The molecule has 4 rings (SSSR count). The molecule has 0 aliphatic heterocycles. The molecular formula is C31H30N4O7S. The van der Waals surface area contributed by atoms with E-state index in [1.165, 1.54) is 31.4 Å². The van der Waals surface area contributed by atoms with Crippen LogP contribution in [-0.2, 0) is 21.4 Å². The maximum atomic E-state index is 13.1. The van der Waals surface area contributed by atoms with E-state index in [1.807, 2.05) is 37.3 Å². The van der Waals surface area contributed by atoms with Crippen LogP contribution in [0.1, 0.15) is 34.7 Å². The molecule has 1 amide bonds. The van der Waals surface area contributed by atoms with Crippen LogP contribution >= 0.6 is 0 Å². The Balaban J connectivity index is 1.49. The maximum Gasteiger partial charge on any atom is 0.282 e. The smallest absolute Gasteiger partial charge is 0.282 e. The molecule has 0 unspecified atom stereocenters. The minimum absolute atomic E-state index is 0.0638. The zero-order valence-corrected chi connectivity index (χ0v) is 24.3. The molecule has 0 aromatic heterocycles. The van der Waals surface area contributed by atoms with Crippen molar-refractivity contribution >= 4 is 27.8 Å². The summed E-state index contributed by atoms with van der Waals surface area (Å²) in [6.45, 7) is 2.02. The van der Waals surface area contributed by atoms with Gasteiger partial charge in [-0.05, 0) is 36.2 Å². The lowest BCUT2D eigenvalue weighted by Gasteiger charge is -2.18. The van der Waals surface area contributed by atoms with E-state index in [0.717, 1.165) is 17.3 Å². The molecule has 0 aliphatic rings. The summed E-state index contributed by atoms with van der Waals surface area (Å²) in [5, 5.41) is 15.7. The Morgan fingerprint density at radius 3 is 2.26 bits per heavy atom. The largest absolute Gasteiger partial charge is 0.493 e. The van der Waals surface area contributed by atoms with Crippen molar-refractivity contribution in [2.45, 2.75) is 30.9 Å². The Labute approximate surface area is 249 Å². The summed E-state index contributed by atoms with van der Waals surface area (Å²) in [6, 6.07) is 26.0. The van der Waals surface area contributed by atoms with Gasteiger partial charge in [-0.1, -0.05) is 78.4 Å². The summed E-state index contributed by atoms with van der Waals surface area (Å²) in [5.74, 6) is -0.205. The number of nitrogens with one attached hydrogen (secondary N) is 2. The number of aryl methyl sites for hydroxylation is 1. The first-order chi connectivity index (χ1) is 20.7. The number of ether oxygens (including phenoxy) is 2. The fourth-order valence-corrected chi connectivity index (χ4v) is 5.35. The summed E-state index contributed by atoms with van der Waals surface area (Å²) in [4.78, 5) is 24.1. The highest BCUT2D eigenvalue weighted by molar-refractivity contribution is 7.89. The number of carbonyl (C=O) groups is 1. The quantitative estimate of drug-likeness (QED) is 0.124. The average Bonchev–Trinajstić information content (AvgIpc) is 3.00. The van der Waals surface area contributed by atoms with Gasteiger partial charge < -0.3 is 9.47 Å². The number of rotatable bonds is 13. The van der Waals surface area contributed by atoms with Crippen molar-refractivity contribution in [1.82, 2.24) is 10.1 Å². The van der Waals surface area contributed by atoms with Crippen LogP contribution in [0, 0.1) is 17.0 Å². The van der Waals surface area contributed by atoms with E-state index >= 15 is 0 Å². The normalized spacial score (nSPS) is 12.0. The van der Waals surface area contributed by atoms with Crippen LogP contribution in [-0.4, -0.2) is 32.6 Å². The summed E-state index contributed by atoms with van der Waals surface area (Å²) >= 11 is 0. The van der Waals surface area contributed by atoms with Gasteiger partial charge in [-0.2, -0.15) is 5.10 Å². The molecule has 0 aliphatic carbocycles. The van der Waals surface area contributed by atoms with E-state index in [2.05, 4.69) is 15.2 Å². The number of nitro benzene ring substituents is 1. The van der Waals surface area contributed by atoms with Gasteiger partial charge in [-0.15, -0.1) is 0 Å². The molecule has 4 aromatic rings. The molecule has 0 saturated heterocycles. The number of hydrazone groups is 1. The van der Waals surface area contributed by atoms with Gasteiger partial charge in [0.1, 0.15) is 6.61 Å². The Morgan fingerprint density at radius 2 is 1.63 bits per heavy atom. The SMILES string of the molecule is COc1cc(/C=N\NC(=O)C[C@@H](NS(=O)(=O)c2ccc(C)cc2)c2ccccc2)c([N+](=O)[O-])cc1OCc1ccccc1. The predicted molar refractivity (Wildman–Crippen MR) is 161 cm³/mol. The third-order valence-electron chi connectivity index (χ3n) is 6.36. The average molecular weight is 603 g/mol. The highest BCUT2D eigenvalue weighted by Crippen LogP contribution is 2.34. The second kappa shape index (κ2) is 14.2. The Morgan fingerprint density at radius 1 is 0.977 bits per heavy atom. The van der Waals surface area contributed by atoms with Crippen LogP contribution < -0.4 is 19.6 Å². The maximum absolute atomic E-state index is 13.1. The van der Waals surface area contributed by atoms with E-state index in [0.29, 0.717) is 5.56 Å². The molecule has 2 N–H and O–H groups in total. The molecule has 0 fully saturated rings. The summed E-state index contributed by atoms with van der Waals surface area (Å²) in [6.07, 6.45) is 0.831. The standard InChI is InChI=1S/C31H30N4O7S/c1-22-13-15-26(16-14-22)43(39,40)34-27(24-11-7-4-8-12-24)18-31(36)33-32-20-25-17-29(41-2)30(19-28(25)35(37)38)42-21-23-9-5-3-6-10-23/h3-17,19-20,27,34H,18,21H2,1-2H3,(H,33,36)/b32-20-/t27-/m1/s1. The predicted octanol–water partition coefficient (Wildman–Crippen LogP) is 5.05. The number of amides is 1. The number of hydrogen-bond donors (Lipinski definition) is 2. The Kier molecular flexibility index (Phi) is 10.2. The molecule has 0 bridgehead atoms. The van der Waals surface area contributed by atoms with Crippen molar-refractivity contribution in [2.75, 3.05) is 7.11 Å². The zero-order chi connectivity index (χ0) is 30.8. The topological polar surface area (TPSA) is 149 Å². The monoisotopic (exact) mass is 602 g/mol. The summed E-state index contributed by atoms with van der Waals surface area (Å²) in [5.41, 5.74) is 4.43. The van der Waals surface area contributed by atoms with Crippen molar-refractivity contribution in [3.63, 3.8) is 0 Å². The van der Waals surface area contributed by atoms with Crippen molar-refractivity contribution in [2.24, 2.45) is 5.10 Å². The van der Waals surface area contributed by atoms with E-state index in [-0.39, 0.29) is 40.7 Å². The second-order valence-electron chi connectivity index (χ2n) is 9.49. The first-order valence-corrected chi connectivity index (χ1v) is 14.6. The molecule has 0 heterocycles. The number of benzene rings is 4. The molecule has 1 atom stereocenters. The zero-order valence-electron chi connectivity index (χ0n) is 23.5. The third kappa shape index (κ3) is 8.47. The number of nitrogens with zero attached hydrogens (tertiary/aromatic N) is 2. The van der Waals surface area contributed by atoms with E-state index in [4.69, 9.17) is 9.47 Å². The number of nitro groups is 1. The second-order valence-corrected chi connectivity index (χ2v) is 11.2. The minimum atomic E-state index is -3.95. The van der Waals surface area contributed by atoms with Gasteiger partial charge in [-0.3, -0.25) is 14.9 Å². The van der Waals surface area contributed by atoms with Gasteiger partial charge in [0.2, 0.25) is 15.9 Å². The molecule has 12 heteroatoms. The summed E-state index contributed by atoms with van der Waals surface area (Å²) in [7, 11) is -2.55. The minimum Gasteiger partial charge on any atom is -0.493 e. The molecule has 0 radical (unpaired) electrons. The van der Waals surface area contributed by atoms with E-state index < -0.39 is 26.9 Å². The first-order valence-electron chi connectivity index (χ1n) is 13.2. The molecule has 0 saturated carbocycles. The van der Waals surface area contributed by atoms with Crippen LogP contribution in [0.4, 0.5) is 5.69 Å². The molecule has 4 aromatic carbocycles. The molecule has 222 valence electrons. The van der Waals surface area contributed by atoms with Crippen LogP contribution in [0.3, 0.4) is 0 Å². The highest BCUT2D eigenvalue weighted by atomic mass is 32.2.